The van der Waals surface area contributed by atoms with Gasteiger partial charge in [-0.05, 0) is 18.4 Å². The van der Waals surface area contributed by atoms with E-state index in [1.54, 1.807) is 31.2 Å². The standard InChI is InChI=1S/C21H18O5S/c1-2-26-21(25)17-14(22)10-13-16(18(17)15-8-5-9-27-15)20(24)12-7-4-3-6-11(12)19(13)23/h3-9,13,16,18,22H,2,10H2,1H3/t13-,16-,18+/m0/s1. The number of thiophene rings is 1. The summed E-state index contributed by atoms with van der Waals surface area (Å²) in [7, 11) is 0. The van der Waals surface area contributed by atoms with Crippen molar-refractivity contribution in [3.63, 3.8) is 0 Å². The molecule has 1 aromatic heterocycles. The predicted octanol–water partition coefficient (Wildman–Crippen LogP) is 3.92. The van der Waals surface area contributed by atoms with Gasteiger partial charge in [-0.25, -0.2) is 4.79 Å². The molecule has 1 N–H and O–H groups in total. The van der Waals surface area contributed by atoms with Crippen molar-refractivity contribution in [3.8, 4) is 0 Å². The summed E-state index contributed by atoms with van der Waals surface area (Å²) in [4.78, 5) is 39.7. The molecule has 0 saturated heterocycles. The molecule has 1 heterocycles. The third-order valence-electron chi connectivity index (χ3n) is 5.27. The fourth-order valence-corrected chi connectivity index (χ4v) is 5.04. The van der Waals surface area contributed by atoms with E-state index in [-0.39, 0.29) is 35.9 Å². The van der Waals surface area contributed by atoms with E-state index in [2.05, 4.69) is 0 Å². The Kier molecular flexibility index (Phi) is 4.44. The number of carbonyl (C=O) groups is 3. The number of ether oxygens (including phenoxy) is 1. The number of allylic oxidation sites excluding steroid dienone is 1. The van der Waals surface area contributed by atoms with Gasteiger partial charge in [0.15, 0.2) is 11.6 Å². The molecule has 0 spiro atoms. The summed E-state index contributed by atoms with van der Waals surface area (Å²) in [5.74, 6) is -3.21. The molecule has 4 rings (SSSR count). The molecule has 3 atom stereocenters. The second kappa shape index (κ2) is 6.78. The molecule has 0 aliphatic heterocycles. The van der Waals surface area contributed by atoms with E-state index in [4.69, 9.17) is 4.74 Å². The van der Waals surface area contributed by atoms with Gasteiger partial charge in [0.05, 0.1) is 12.2 Å². The Morgan fingerprint density at radius 2 is 1.85 bits per heavy atom. The van der Waals surface area contributed by atoms with Gasteiger partial charge in [0.2, 0.25) is 0 Å². The van der Waals surface area contributed by atoms with Gasteiger partial charge in [-0.3, -0.25) is 9.59 Å². The summed E-state index contributed by atoms with van der Waals surface area (Å²) in [6, 6.07) is 10.4. The zero-order chi connectivity index (χ0) is 19.1. The van der Waals surface area contributed by atoms with E-state index in [1.165, 1.54) is 11.3 Å². The lowest BCUT2D eigenvalue weighted by atomic mass is 9.62. The van der Waals surface area contributed by atoms with Crippen molar-refractivity contribution in [2.24, 2.45) is 11.8 Å². The van der Waals surface area contributed by atoms with Crippen LogP contribution < -0.4 is 0 Å². The van der Waals surface area contributed by atoms with Gasteiger partial charge in [-0.1, -0.05) is 30.3 Å². The Labute approximate surface area is 160 Å². The second-order valence-corrected chi connectivity index (χ2v) is 7.66. The highest BCUT2D eigenvalue weighted by molar-refractivity contribution is 7.10. The summed E-state index contributed by atoms with van der Waals surface area (Å²) < 4.78 is 5.14. The van der Waals surface area contributed by atoms with E-state index < -0.39 is 23.7 Å². The molecule has 0 radical (unpaired) electrons. The van der Waals surface area contributed by atoms with Crippen molar-refractivity contribution in [1.82, 2.24) is 0 Å². The first kappa shape index (κ1) is 17.7. The first-order valence-electron chi connectivity index (χ1n) is 8.84. The first-order valence-corrected chi connectivity index (χ1v) is 9.72. The maximum atomic E-state index is 13.3. The third kappa shape index (κ3) is 2.72. The maximum absolute atomic E-state index is 13.3. The van der Waals surface area contributed by atoms with E-state index in [1.807, 2.05) is 17.5 Å². The highest BCUT2D eigenvalue weighted by Gasteiger charge is 2.52. The number of carbonyl (C=O) groups excluding carboxylic acids is 3. The number of benzene rings is 1. The minimum absolute atomic E-state index is 0.0282. The van der Waals surface area contributed by atoms with Crippen LogP contribution in [0.5, 0.6) is 0 Å². The monoisotopic (exact) mass is 382 g/mol. The average molecular weight is 382 g/mol. The van der Waals surface area contributed by atoms with Crippen LogP contribution in [0, 0.1) is 11.8 Å². The lowest BCUT2D eigenvalue weighted by molar-refractivity contribution is -0.139. The van der Waals surface area contributed by atoms with Crippen LogP contribution in [-0.2, 0) is 9.53 Å². The molecular weight excluding hydrogens is 364 g/mol. The number of aliphatic hydroxyl groups is 1. The molecular formula is C21H18O5S. The summed E-state index contributed by atoms with van der Waals surface area (Å²) in [5, 5.41) is 12.5. The Hall–Kier alpha value is -2.73. The summed E-state index contributed by atoms with van der Waals surface area (Å²) in [6.45, 7) is 1.85. The third-order valence-corrected chi connectivity index (χ3v) is 6.23. The lowest BCUT2D eigenvalue weighted by Crippen LogP contribution is -2.44. The summed E-state index contributed by atoms with van der Waals surface area (Å²) in [5.41, 5.74) is 0.872. The van der Waals surface area contributed by atoms with Gasteiger partial charge in [0.25, 0.3) is 0 Å². The van der Waals surface area contributed by atoms with Crippen molar-refractivity contribution in [2.75, 3.05) is 6.61 Å². The Morgan fingerprint density at radius 3 is 2.48 bits per heavy atom. The number of ketones is 2. The van der Waals surface area contributed by atoms with Gasteiger partial charge >= 0.3 is 5.97 Å². The van der Waals surface area contributed by atoms with Crippen LogP contribution in [-0.4, -0.2) is 29.2 Å². The zero-order valence-electron chi connectivity index (χ0n) is 14.7. The highest BCUT2D eigenvalue weighted by atomic mass is 32.1. The topological polar surface area (TPSA) is 80.7 Å². The zero-order valence-corrected chi connectivity index (χ0v) is 15.5. The van der Waals surface area contributed by atoms with E-state index in [0.717, 1.165) is 4.88 Å². The molecule has 6 heteroatoms. The van der Waals surface area contributed by atoms with Crippen LogP contribution in [0.2, 0.25) is 0 Å². The van der Waals surface area contributed by atoms with Crippen LogP contribution in [0.4, 0.5) is 0 Å². The smallest absolute Gasteiger partial charge is 0.338 e. The van der Waals surface area contributed by atoms with Gasteiger partial charge in [-0.15, -0.1) is 11.3 Å². The van der Waals surface area contributed by atoms with Crippen LogP contribution >= 0.6 is 11.3 Å². The van der Waals surface area contributed by atoms with Crippen LogP contribution in [0.25, 0.3) is 0 Å². The van der Waals surface area contributed by atoms with Crippen LogP contribution in [0.15, 0.2) is 53.1 Å². The Bertz CT molecular complexity index is 957. The number of Topliss-reactive ketones (excluding diaryl/α,β-unsaturated/α-hetero) is 2. The highest BCUT2D eigenvalue weighted by Crippen LogP contribution is 2.50. The van der Waals surface area contributed by atoms with Gasteiger partial charge in [-0.2, -0.15) is 0 Å². The van der Waals surface area contributed by atoms with Crippen molar-refractivity contribution in [2.45, 2.75) is 19.3 Å². The van der Waals surface area contributed by atoms with E-state index in [9.17, 15) is 19.5 Å². The predicted molar refractivity (Wildman–Crippen MR) is 100 cm³/mol. The summed E-state index contributed by atoms with van der Waals surface area (Å²) >= 11 is 1.39. The van der Waals surface area contributed by atoms with Crippen molar-refractivity contribution < 1.29 is 24.2 Å². The summed E-state index contributed by atoms with van der Waals surface area (Å²) in [6.07, 6.45) is -0.0282. The van der Waals surface area contributed by atoms with Crippen molar-refractivity contribution in [3.05, 3.63) is 69.1 Å². The lowest BCUT2D eigenvalue weighted by Gasteiger charge is -2.39. The molecule has 27 heavy (non-hydrogen) atoms. The largest absolute Gasteiger partial charge is 0.512 e. The SMILES string of the molecule is CCOC(=O)C1=C(O)C[C@@H]2C(=O)c3ccccc3C(=O)[C@@H]2[C@H]1c1cccs1. The molecule has 1 aromatic carbocycles. The second-order valence-electron chi connectivity index (χ2n) is 6.68. The number of rotatable bonds is 3. The molecule has 2 aliphatic carbocycles. The number of aliphatic hydroxyl groups excluding tert-OH is 1. The van der Waals surface area contributed by atoms with E-state index >= 15 is 0 Å². The van der Waals surface area contributed by atoms with Crippen LogP contribution in [0.3, 0.4) is 0 Å². The molecule has 138 valence electrons. The van der Waals surface area contributed by atoms with Crippen molar-refractivity contribution in [1.29, 1.82) is 0 Å². The minimum atomic E-state index is -0.721. The molecule has 5 nitrogen and oxygen atoms in total. The Morgan fingerprint density at radius 1 is 1.15 bits per heavy atom. The Balaban J connectivity index is 1.90. The number of fused-ring (bicyclic) bond motifs is 2. The normalized spacial score (nSPS) is 24.4. The maximum Gasteiger partial charge on any atom is 0.338 e. The van der Waals surface area contributed by atoms with Gasteiger partial charge in [0.1, 0.15) is 5.76 Å². The number of esters is 1. The van der Waals surface area contributed by atoms with Gasteiger partial charge in [0, 0.05) is 40.2 Å². The fourth-order valence-electron chi connectivity index (χ4n) is 4.16. The molecule has 0 bridgehead atoms. The number of hydrogen-bond donors (Lipinski definition) is 1. The average Bonchev–Trinajstić information content (AvgIpc) is 3.19. The molecule has 0 fully saturated rings. The van der Waals surface area contributed by atoms with E-state index in [0.29, 0.717) is 11.1 Å². The first-order chi connectivity index (χ1) is 13.0. The fraction of sp³-hybridized carbons (Fsp3) is 0.286. The molecule has 2 aliphatic rings. The molecule has 2 aromatic rings. The molecule has 0 unspecified atom stereocenters. The molecule has 0 saturated carbocycles. The number of hydrogen-bond acceptors (Lipinski definition) is 6. The van der Waals surface area contributed by atoms with Crippen LogP contribution in [0.1, 0.15) is 44.9 Å². The minimum Gasteiger partial charge on any atom is -0.512 e. The van der Waals surface area contributed by atoms with Gasteiger partial charge < -0.3 is 9.84 Å². The van der Waals surface area contributed by atoms with Crippen molar-refractivity contribution >= 4 is 28.9 Å². The quantitative estimate of drug-likeness (QED) is 0.814. The molecule has 0 amide bonds.